The summed E-state index contributed by atoms with van der Waals surface area (Å²) in [5, 5.41) is 2.06. The SMILES string of the molecule is CC(=O)OCc1ccc2ccccc2c1COC(C)=O. The Bertz CT molecular complexity index is 646. The van der Waals surface area contributed by atoms with Crippen molar-refractivity contribution in [3.63, 3.8) is 0 Å². The highest BCUT2D eigenvalue weighted by Crippen LogP contribution is 2.24. The molecule has 0 atom stereocenters. The van der Waals surface area contributed by atoms with Gasteiger partial charge in [-0.15, -0.1) is 0 Å². The van der Waals surface area contributed by atoms with Crippen molar-refractivity contribution >= 4 is 22.7 Å². The van der Waals surface area contributed by atoms with Crippen LogP contribution in [0.25, 0.3) is 10.8 Å². The first-order valence-electron chi connectivity index (χ1n) is 6.34. The van der Waals surface area contributed by atoms with E-state index in [1.165, 1.54) is 13.8 Å². The van der Waals surface area contributed by atoms with Crippen LogP contribution in [0.2, 0.25) is 0 Å². The lowest BCUT2D eigenvalue weighted by Gasteiger charge is -2.13. The number of ether oxygens (including phenoxy) is 2. The molecule has 0 N–H and O–H groups in total. The van der Waals surface area contributed by atoms with E-state index in [4.69, 9.17) is 9.47 Å². The monoisotopic (exact) mass is 272 g/mol. The zero-order chi connectivity index (χ0) is 14.5. The highest BCUT2D eigenvalue weighted by Gasteiger charge is 2.10. The molecular formula is C16H16O4. The van der Waals surface area contributed by atoms with E-state index in [1.807, 2.05) is 36.4 Å². The third kappa shape index (κ3) is 3.35. The Morgan fingerprint density at radius 3 is 2.25 bits per heavy atom. The third-order valence-corrected chi connectivity index (χ3v) is 2.99. The molecular weight excluding hydrogens is 256 g/mol. The maximum Gasteiger partial charge on any atom is 0.302 e. The Hall–Kier alpha value is -2.36. The summed E-state index contributed by atoms with van der Waals surface area (Å²) in [6.07, 6.45) is 0. The highest BCUT2D eigenvalue weighted by atomic mass is 16.5. The van der Waals surface area contributed by atoms with E-state index in [-0.39, 0.29) is 25.2 Å². The van der Waals surface area contributed by atoms with Crippen LogP contribution in [0.5, 0.6) is 0 Å². The standard InChI is InChI=1S/C16H16O4/c1-11(17)19-9-14-8-7-13-5-3-4-6-15(13)16(14)10-20-12(2)18/h3-8H,9-10H2,1-2H3. The van der Waals surface area contributed by atoms with E-state index in [2.05, 4.69) is 0 Å². The second-order valence-electron chi connectivity index (χ2n) is 4.48. The number of hydrogen-bond acceptors (Lipinski definition) is 4. The number of rotatable bonds is 4. The summed E-state index contributed by atoms with van der Waals surface area (Å²) < 4.78 is 10.1. The lowest BCUT2D eigenvalue weighted by molar-refractivity contribution is -0.143. The summed E-state index contributed by atoms with van der Waals surface area (Å²) in [6.45, 7) is 3.09. The zero-order valence-corrected chi connectivity index (χ0v) is 11.5. The second kappa shape index (κ2) is 6.19. The molecule has 0 heterocycles. The summed E-state index contributed by atoms with van der Waals surface area (Å²) in [4.78, 5) is 22.0. The van der Waals surface area contributed by atoms with Gasteiger partial charge in [-0.2, -0.15) is 0 Å². The molecule has 0 aliphatic carbocycles. The molecule has 4 heteroatoms. The summed E-state index contributed by atoms with van der Waals surface area (Å²) in [5.74, 6) is -0.673. The van der Waals surface area contributed by atoms with Gasteiger partial charge in [-0.25, -0.2) is 0 Å². The smallest absolute Gasteiger partial charge is 0.302 e. The van der Waals surface area contributed by atoms with Gasteiger partial charge >= 0.3 is 11.9 Å². The molecule has 0 amide bonds. The molecule has 0 aromatic heterocycles. The van der Waals surface area contributed by atoms with Crippen LogP contribution in [0, 0.1) is 0 Å². The molecule has 0 unspecified atom stereocenters. The molecule has 0 saturated carbocycles. The topological polar surface area (TPSA) is 52.6 Å². The predicted molar refractivity (Wildman–Crippen MR) is 74.9 cm³/mol. The minimum absolute atomic E-state index is 0.174. The Morgan fingerprint density at radius 2 is 1.55 bits per heavy atom. The summed E-state index contributed by atoms with van der Waals surface area (Å²) in [5.41, 5.74) is 1.72. The molecule has 0 spiro atoms. The van der Waals surface area contributed by atoms with Gasteiger partial charge in [-0.3, -0.25) is 9.59 Å². The van der Waals surface area contributed by atoms with Crippen molar-refractivity contribution in [2.75, 3.05) is 0 Å². The van der Waals surface area contributed by atoms with Gasteiger partial charge < -0.3 is 9.47 Å². The molecule has 0 aliphatic heterocycles. The lowest BCUT2D eigenvalue weighted by atomic mass is 10.00. The Morgan fingerprint density at radius 1 is 0.900 bits per heavy atom. The fourth-order valence-corrected chi connectivity index (χ4v) is 2.04. The highest BCUT2D eigenvalue weighted by molar-refractivity contribution is 5.87. The molecule has 20 heavy (non-hydrogen) atoms. The summed E-state index contributed by atoms with van der Waals surface area (Å²) in [6, 6.07) is 11.7. The van der Waals surface area contributed by atoms with Crippen molar-refractivity contribution in [2.24, 2.45) is 0 Å². The minimum Gasteiger partial charge on any atom is -0.461 e. The van der Waals surface area contributed by atoms with E-state index in [0.717, 1.165) is 21.9 Å². The van der Waals surface area contributed by atoms with Crippen molar-refractivity contribution in [3.05, 3.63) is 47.5 Å². The number of fused-ring (bicyclic) bond motifs is 1. The summed E-state index contributed by atoms with van der Waals surface area (Å²) in [7, 11) is 0. The summed E-state index contributed by atoms with van der Waals surface area (Å²) >= 11 is 0. The first-order chi connectivity index (χ1) is 9.58. The van der Waals surface area contributed by atoms with E-state index < -0.39 is 0 Å². The molecule has 0 radical (unpaired) electrons. The number of esters is 2. The van der Waals surface area contributed by atoms with Crippen molar-refractivity contribution in [1.82, 2.24) is 0 Å². The van der Waals surface area contributed by atoms with Crippen LogP contribution >= 0.6 is 0 Å². The zero-order valence-electron chi connectivity index (χ0n) is 11.5. The third-order valence-electron chi connectivity index (χ3n) is 2.99. The van der Waals surface area contributed by atoms with E-state index in [1.54, 1.807) is 0 Å². The molecule has 0 saturated heterocycles. The van der Waals surface area contributed by atoms with Crippen LogP contribution in [0.15, 0.2) is 36.4 Å². The Balaban J connectivity index is 2.41. The second-order valence-corrected chi connectivity index (χ2v) is 4.48. The van der Waals surface area contributed by atoms with Crippen molar-refractivity contribution < 1.29 is 19.1 Å². The first-order valence-corrected chi connectivity index (χ1v) is 6.34. The fourth-order valence-electron chi connectivity index (χ4n) is 2.04. The van der Waals surface area contributed by atoms with Crippen molar-refractivity contribution in [1.29, 1.82) is 0 Å². The van der Waals surface area contributed by atoms with Crippen LogP contribution < -0.4 is 0 Å². The molecule has 104 valence electrons. The minimum atomic E-state index is -0.337. The molecule has 2 aromatic rings. The van der Waals surface area contributed by atoms with E-state index >= 15 is 0 Å². The quantitative estimate of drug-likeness (QED) is 0.803. The maximum atomic E-state index is 11.0. The van der Waals surface area contributed by atoms with Crippen molar-refractivity contribution in [3.8, 4) is 0 Å². The van der Waals surface area contributed by atoms with Crippen LogP contribution in [0.3, 0.4) is 0 Å². The van der Waals surface area contributed by atoms with Gasteiger partial charge in [0.2, 0.25) is 0 Å². The van der Waals surface area contributed by atoms with Gasteiger partial charge in [-0.05, 0) is 16.3 Å². The average molecular weight is 272 g/mol. The fraction of sp³-hybridized carbons (Fsp3) is 0.250. The largest absolute Gasteiger partial charge is 0.461 e. The molecule has 2 rings (SSSR count). The number of hydrogen-bond donors (Lipinski definition) is 0. The Labute approximate surface area is 117 Å². The average Bonchev–Trinajstić information content (AvgIpc) is 2.42. The molecule has 2 aromatic carbocycles. The first kappa shape index (κ1) is 14.1. The van der Waals surface area contributed by atoms with Gasteiger partial charge in [0.15, 0.2) is 0 Å². The molecule has 0 bridgehead atoms. The maximum absolute atomic E-state index is 11.0. The van der Waals surface area contributed by atoms with Gasteiger partial charge in [-0.1, -0.05) is 36.4 Å². The number of carbonyl (C=O) groups excluding carboxylic acids is 2. The predicted octanol–water partition coefficient (Wildman–Crippen LogP) is 2.97. The van der Waals surface area contributed by atoms with E-state index in [9.17, 15) is 9.59 Å². The van der Waals surface area contributed by atoms with Crippen LogP contribution in [-0.4, -0.2) is 11.9 Å². The normalized spacial score (nSPS) is 10.3. The Kier molecular flexibility index (Phi) is 4.35. The van der Waals surface area contributed by atoms with Crippen molar-refractivity contribution in [2.45, 2.75) is 27.1 Å². The van der Waals surface area contributed by atoms with Gasteiger partial charge in [0, 0.05) is 19.4 Å². The molecule has 0 aliphatic rings. The lowest BCUT2D eigenvalue weighted by Crippen LogP contribution is -2.06. The van der Waals surface area contributed by atoms with Gasteiger partial charge in [0.1, 0.15) is 13.2 Å². The van der Waals surface area contributed by atoms with Gasteiger partial charge in [0.25, 0.3) is 0 Å². The van der Waals surface area contributed by atoms with Crippen LogP contribution in [-0.2, 0) is 32.3 Å². The molecule has 4 nitrogen and oxygen atoms in total. The number of benzene rings is 2. The van der Waals surface area contributed by atoms with Crippen LogP contribution in [0.1, 0.15) is 25.0 Å². The van der Waals surface area contributed by atoms with Crippen LogP contribution in [0.4, 0.5) is 0 Å². The van der Waals surface area contributed by atoms with Gasteiger partial charge in [0.05, 0.1) is 0 Å². The molecule has 0 fully saturated rings. The van der Waals surface area contributed by atoms with E-state index in [0.29, 0.717) is 0 Å². The number of carbonyl (C=O) groups is 2.